The van der Waals surface area contributed by atoms with Crippen molar-refractivity contribution in [2.75, 3.05) is 30.3 Å². The van der Waals surface area contributed by atoms with Gasteiger partial charge in [0.15, 0.2) is 0 Å². The Bertz CT molecular complexity index is 718. The maximum atomic E-state index is 4.49. The van der Waals surface area contributed by atoms with Gasteiger partial charge in [-0.1, -0.05) is 6.08 Å². The number of nitrogens with zero attached hydrogens (tertiary/aromatic N) is 3. The van der Waals surface area contributed by atoms with Gasteiger partial charge in [-0.25, -0.2) is 9.97 Å². The van der Waals surface area contributed by atoms with Crippen LogP contribution in [0.5, 0.6) is 0 Å². The van der Waals surface area contributed by atoms with Crippen LogP contribution in [0.15, 0.2) is 41.3 Å². The molecule has 0 atom stereocenters. The Morgan fingerprint density at radius 1 is 1.29 bits per heavy atom. The van der Waals surface area contributed by atoms with Crippen molar-refractivity contribution in [1.29, 1.82) is 0 Å². The topological polar surface area (TPSA) is 56.8 Å². The summed E-state index contributed by atoms with van der Waals surface area (Å²) in [5.41, 5.74) is 2.36. The molecule has 0 fully saturated rings. The second kappa shape index (κ2) is 5.54. The Hall–Kier alpha value is -1.79. The van der Waals surface area contributed by atoms with Crippen LogP contribution in [0.2, 0.25) is 0 Å². The van der Waals surface area contributed by atoms with E-state index < -0.39 is 0 Å². The lowest BCUT2D eigenvalue weighted by molar-refractivity contribution is 0.710. The summed E-state index contributed by atoms with van der Waals surface area (Å²) in [4.78, 5) is 15.5. The summed E-state index contributed by atoms with van der Waals surface area (Å²) in [6.45, 7) is 3.03. The fraction of sp³-hybridized carbons (Fsp3) is 0.333. The molecule has 0 saturated carbocycles. The third-order valence-electron chi connectivity index (χ3n) is 3.85. The molecule has 0 spiro atoms. The second-order valence-corrected chi connectivity index (χ2v) is 6.29. The van der Waals surface area contributed by atoms with Gasteiger partial charge in [-0.15, -0.1) is 11.8 Å². The largest absolute Gasteiger partial charge is 0.346 e. The normalized spacial score (nSPS) is 19.5. The number of hydrogen-bond acceptors (Lipinski definition) is 5. The standard InChI is InChI=1S/C15H17N5S/c1-4-16-5-2-11(1)13-9-20(7-8-21-13)15-12-3-6-17-14(12)18-10-19-15/h1,3,6,9-10,16H,2,4-5,7-8H2,(H,17,18,19). The molecular formula is C15H17N5S. The summed E-state index contributed by atoms with van der Waals surface area (Å²) in [7, 11) is 0. The molecule has 5 nitrogen and oxygen atoms in total. The molecule has 2 N–H and O–H groups in total. The van der Waals surface area contributed by atoms with Crippen molar-refractivity contribution >= 4 is 28.6 Å². The number of anilines is 1. The SMILES string of the molecule is C1=C(C2=CN(c3ncnc4[nH]ccc34)CCS2)CCNC1. The molecule has 4 rings (SSSR count). The number of rotatable bonds is 2. The molecule has 4 heterocycles. The highest BCUT2D eigenvalue weighted by Gasteiger charge is 2.19. The quantitative estimate of drug-likeness (QED) is 0.891. The van der Waals surface area contributed by atoms with Crippen LogP contribution in [-0.2, 0) is 0 Å². The second-order valence-electron chi connectivity index (χ2n) is 5.16. The van der Waals surface area contributed by atoms with Gasteiger partial charge in [0.2, 0.25) is 0 Å². The molecule has 2 aliphatic heterocycles. The first-order valence-corrected chi connectivity index (χ1v) is 8.20. The highest BCUT2D eigenvalue weighted by Crippen LogP contribution is 2.33. The minimum atomic E-state index is 0.897. The molecule has 0 aromatic carbocycles. The van der Waals surface area contributed by atoms with E-state index >= 15 is 0 Å². The zero-order valence-corrected chi connectivity index (χ0v) is 12.5. The molecular weight excluding hydrogens is 282 g/mol. The average Bonchev–Trinajstić information content (AvgIpc) is 3.04. The lowest BCUT2D eigenvalue weighted by Crippen LogP contribution is -2.26. The van der Waals surface area contributed by atoms with E-state index in [2.05, 4.69) is 37.4 Å². The smallest absolute Gasteiger partial charge is 0.145 e. The van der Waals surface area contributed by atoms with E-state index in [-0.39, 0.29) is 0 Å². The van der Waals surface area contributed by atoms with Crippen molar-refractivity contribution in [2.45, 2.75) is 6.42 Å². The van der Waals surface area contributed by atoms with Crippen LogP contribution in [0.25, 0.3) is 11.0 Å². The van der Waals surface area contributed by atoms with Crippen molar-refractivity contribution in [2.24, 2.45) is 0 Å². The van der Waals surface area contributed by atoms with Gasteiger partial charge in [0.25, 0.3) is 0 Å². The summed E-state index contributed by atoms with van der Waals surface area (Å²) >= 11 is 1.95. The van der Waals surface area contributed by atoms with Gasteiger partial charge in [0.1, 0.15) is 17.8 Å². The maximum absolute atomic E-state index is 4.49. The van der Waals surface area contributed by atoms with Crippen LogP contribution >= 0.6 is 11.8 Å². The minimum absolute atomic E-state index is 0.897. The zero-order valence-electron chi connectivity index (χ0n) is 11.7. The number of aromatic amines is 1. The minimum Gasteiger partial charge on any atom is -0.346 e. The molecule has 6 heteroatoms. The molecule has 2 aliphatic rings. The number of thioether (sulfide) groups is 1. The average molecular weight is 299 g/mol. The van der Waals surface area contributed by atoms with Crippen molar-refractivity contribution in [3.8, 4) is 0 Å². The van der Waals surface area contributed by atoms with E-state index in [0.29, 0.717) is 0 Å². The van der Waals surface area contributed by atoms with Crippen molar-refractivity contribution in [1.82, 2.24) is 20.3 Å². The molecule has 2 aromatic rings. The van der Waals surface area contributed by atoms with Crippen LogP contribution in [-0.4, -0.2) is 40.3 Å². The van der Waals surface area contributed by atoms with E-state index in [9.17, 15) is 0 Å². The first-order valence-electron chi connectivity index (χ1n) is 7.21. The fourth-order valence-electron chi connectivity index (χ4n) is 2.77. The Balaban J connectivity index is 1.71. The zero-order chi connectivity index (χ0) is 14.1. The molecule has 0 bridgehead atoms. The Kier molecular flexibility index (Phi) is 3.40. The number of allylic oxidation sites excluding steroid dienone is 1. The predicted molar refractivity (Wildman–Crippen MR) is 87.3 cm³/mol. The molecule has 2 aromatic heterocycles. The Morgan fingerprint density at radius 3 is 3.19 bits per heavy atom. The van der Waals surface area contributed by atoms with E-state index in [0.717, 1.165) is 48.7 Å². The van der Waals surface area contributed by atoms with Gasteiger partial charge in [-0.3, -0.25) is 0 Å². The summed E-state index contributed by atoms with van der Waals surface area (Å²) in [6, 6.07) is 2.05. The highest BCUT2D eigenvalue weighted by atomic mass is 32.2. The van der Waals surface area contributed by atoms with Crippen LogP contribution < -0.4 is 10.2 Å². The van der Waals surface area contributed by atoms with E-state index in [4.69, 9.17) is 0 Å². The number of aromatic nitrogens is 3. The van der Waals surface area contributed by atoms with Crippen molar-refractivity contribution in [3.05, 3.63) is 41.3 Å². The Morgan fingerprint density at radius 2 is 2.29 bits per heavy atom. The molecule has 0 radical (unpaired) electrons. The number of fused-ring (bicyclic) bond motifs is 1. The van der Waals surface area contributed by atoms with E-state index in [1.54, 1.807) is 6.33 Å². The van der Waals surface area contributed by atoms with Gasteiger partial charge < -0.3 is 15.2 Å². The van der Waals surface area contributed by atoms with Gasteiger partial charge in [-0.05, 0) is 24.6 Å². The summed E-state index contributed by atoms with van der Waals surface area (Å²) in [5, 5.41) is 4.45. The molecule has 0 aliphatic carbocycles. The lowest BCUT2D eigenvalue weighted by atomic mass is 10.1. The summed E-state index contributed by atoms with van der Waals surface area (Å²) < 4.78 is 0. The fourth-order valence-corrected chi connectivity index (χ4v) is 3.85. The number of H-pyrrole nitrogens is 1. The van der Waals surface area contributed by atoms with Gasteiger partial charge in [-0.2, -0.15) is 0 Å². The molecule has 21 heavy (non-hydrogen) atoms. The first-order chi connectivity index (χ1) is 10.4. The van der Waals surface area contributed by atoms with Crippen molar-refractivity contribution in [3.63, 3.8) is 0 Å². The number of nitrogens with one attached hydrogen (secondary N) is 2. The van der Waals surface area contributed by atoms with Crippen LogP contribution in [0.3, 0.4) is 0 Å². The van der Waals surface area contributed by atoms with Crippen LogP contribution in [0.1, 0.15) is 6.42 Å². The van der Waals surface area contributed by atoms with Gasteiger partial charge >= 0.3 is 0 Å². The van der Waals surface area contributed by atoms with Gasteiger partial charge in [0.05, 0.1) is 5.39 Å². The monoisotopic (exact) mass is 299 g/mol. The predicted octanol–water partition coefficient (Wildman–Crippen LogP) is 2.27. The third kappa shape index (κ3) is 2.45. The maximum Gasteiger partial charge on any atom is 0.145 e. The Labute approximate surface area is 127 Å². The first kappa shape index (κ1) is 12.9. The lowest BCUT2D eigenvalue weighted by Gasteiger charge is -2.28. The van der Waals surface area contributed by atoms with E-state index in [1.807, 2.05) is 24.0 Å². The van der Waals surface area contributed by atoms with Gasteiger partial charge in [0, 0.05) is 36.1 Å². The van der Waals surface area contributed by atoms with Crippen LogP contribution in [0.4, 0.5) is 5.82 Å². The highest BCUT2D eigenvalue weighted by molar-refractivity contribution is 8.03. The molecule has 0 saturated heterocycles. The molecule has 0 unspecified atom stereocenters. The number of hydrogen-bond donors (Lipinski definition) is 2. The summed E-state index contributed by atoms with van der Waals surface area (Å²) in [5.74, 6) is 2.08. The molecule has 0 amide bonds. The third-order valence-corrected chi connectivity index (χ3v) is 4.91. The van der Waals surface area contributed by atoms with Crippen LogP contribution in [0, 0.1) is 0 Å². The molecule has 108 valence electrons. The van der Waals surface area contributed by atoms with Crippen molar-refractivity contribution < 1.29 is 0 Å². The summed E-state index contributed by atoms with van der Waals surface area (Å²) in [6.07, 6.45) is 9.21. The van der Waals surface area contributed by atoms with E-state index in [1.165, 1.54) is 10.5 Å².